The Morgan fingerprint density at radius 3 is 2.63 bits per heavy atom. The predicted octanol–water partition coefficient (Wildman–Crippen LogP) is 2.45. The van der Waals surface area contributed by atoms with E-state index >= 15 is 0 Å². The molecule has 2 rings (SSSR count). The van der Waals surface area contributed by atoms with E-state index in [2.05, 4.69) is 5.32 Å². The highest BCUT2D eigenvalue weighted by Gasteiger charge is 2.21. The number of carbonyl (C=O) groups is 1. The molecule has 0 aromatic heterocycles. The lowest BCUT2D eigenvalue weighted by Gasteiger charge is -2.08. The number of benzene rings is 1. The largest absolute Gasteiger partial charge is 0.352 e. The highest BCUT2D eigenvalue weighted by molar-refractivity contribution is 8.13. The molecule has 0 spiro atoms. The summed E-state index contributed by atoms with van der Waals surface area (Å²) in [4.78, 5) is 11.9. The molecular weight excluding hydrogens is 286 g/mol. The number of nitrogens with one attached hydrogen (secondary N) is 1. The fraction of sp³-hybridized carbons (Fsp3) is 0.462. The van der Waals surface area contributed by atoms with Crippen LogP contribution in [0, 0.1) is 12.8 Å². The van der Waals surface area contributed by atoms with Crippen molar-refractivity contribution in [1.29, 1.82) is 0 Å². The first kappa shape index (κ1) is 14.3. The van der Waals surface area contributed by atoms with Crippen LogP contribution in [0.15, 0.2) is 23.1 Å². The van der Waals surface area contributed by atoms with Gasteiger partial charge in [-0.15, -0.1) is 0 Å². The predicted molar refractivity (Wildman–Crippen MR) is 73.9 cm³/mol. The van der Waals surface area contributed by atoms with Gasteiger partial charge in [0.15, 0.2) is 0 Å². The fourth-order valence-corrected chi connectivity index (χ4v) is 2.77. The Kier molecular flexibility index (Phi) is 4.16. The number of halogens is 1. The Hall–Kier alpha value is -1.07. The summed E-state index contributed by atoms with van der Waals surface area (Å²) in [6.45, 7) is 2.36. The third kappa shape index (κ3) is 3.94. The highest BCUT2D eigenvalue weighted by Crippen LogP contribution is 2.31. The van der Waals surface area contributed by atoms with Gasteiger partial charge in [0, 0.05) is 22.8 Å². The maximum absolute atomic E-state index is 11.9. The van der Waals surface area contributed by atoms with Crippen molar-refractivity contribution in [1.82, 2.24) is 5.32 Å². The SMILES string of the molecule is Cc1cc(S(=O)(=O)Cl)ccc1C(=O)NCCC1CC1. The summed E-state index contributed by atoms with van der Waals surface area (Å²) in [6, 6.07) is 4.26. The second-order valence-corrected chi connectivity index (χ2v) is 7.47. The van der Waals surface area contributed by atoms with Crippen molar-refractivity contribution >= 4 is 25.6 Å². The van der Waals surface area contributed by atoms with Gasteiger partial charge in [-0.2, -0.15) is 0 Å². The summed E-state index contributed by atoms with van der Waals surface area (Å²) in [6.07, 6.45) is 3.54. The molecule has 1 aliphatic rings. The standard InChI is InChI=1S/C13H16ClNO3S/c1-9-8-11(19(14,17)18)4-5-12(9)13(16)15-7-6-10-2-3-10/h4-5,8,10H,2-3,6-7H2,1H3,(H,15,16). The van der Waals surface area contributed by atoms with Gasteiger partial charge < -0.3 is 5.32 Å². The zero-order valence-corrected chi connectivity index (χ0v) is 12.2. The monoisotopic (exact) mass is 301 g/mol. The van der Waals surface area contributed by atoms with Crippen molar-refractivity contribution in [2.75, 3.05) is 6.54 Å². The van der Waals surface area contributed by atoms with Gasteiger partial charge in [0.1, 0.15) is 0 Å². The molecular formula is C13H16ClNO3S. The minimum Gasteiger partial charge on any atom is -0.352 e. The second kappa shape index (κ2) is 5.51. The fourth-order valence-electron chi connectivity index (χ4n) is 1.93. The summed E-state index contributed by atoms with van der Waals surface area (Å²) < 4.78 is 22.4. The zero-order chi connectivity index (χ0) is 14.0. The van der Waals surface area contributed by atoms with Crippen LogP contribution in [0.3, 0.4) is 0 Å². The van der Waals surface area contributed by atoms with Gasteiger partial charge in [0.25, 0.3) is 15.0 Å². The normalized spacial score (nSPS) is 15.3. The van der Waals surface area contributed by atoms with E-state index in [0.717, 1.165) is 12.3 Å². The smallest absolute Gasteiger partial charge is 0.261 e. The van der Waals surface area contributed by atoms with Crippen LogP contribution in [0.1, 0.15) is 35.2 Å². The van der Waals surface area contributed by atoms with E-state index in [-0.39, 0.29) is 10.8 Å². The minimum atomic E-state index is -3.75. The molecule has 1 fully saturated rings. The van der Waals surface area contributed by atoms with E-state index < -0.39 is 9.05 Å². The van der Waals surface area contributed by atoms with Crippen LogP contribution in [0.4, 0.5) is 0 Å². The molecule has 0 unspecified atom stereocenters. The van der Waals surface area contributed by atoms with Crippen molar-refractivity contribution in [3.63, 3.8) is 0 Å². The number of amides is 1. The molecule has 1 aromatic carbocycles. The molecule has 1 aliphatic carbocycles. The van der Waals surface area contributed by atoms with E-state index in [0.29, 0.717) is 17.7 Å². The zero-order valence-electron chi connectivity index (χ0n) is 10.6. The Morgan fingerprint density at radius 1 is 1.42 bits per heavy atom. The Balaban J connectivity index is 2.04. The van der Waals surface area contributed by atoms with Gasteiger partial charge in [-0.3, -0.25) is 4.79 Å². The average molecular weight is 302 g/mol. The van der Waals surface area contributed by atoms with Gasteiger partial charge in [-0.25, -0.2) is 8.42 Å². The molecule has 4 nitrogen and oxygen atoms in total. The van der Waals surface area contributed by atoms with E-state index in [9.17, 15) is 13.2 Å². The number of rotatable bonds is 5. The lowest BCUT2D eigenvalue weighted by Crippen LogP contribution is -2.25. The summed E-state index contributed by atoms with van der Waals surface area (Å²) in [5, 5.41) is 2.85. The first-order valence-electron chi connectivity index (χ1n) is 6.21. The van der Waals surface area contributed by atoms with E-state index in [1.165, 1.54) is 31.0 Å². The molecule has 6 heteroatoms. The first-order chi connectivity index (χ1) is 8.88. The Bertz CT molecular complexity index is 594. The summed E-state index contributed by atoms with van der Waals surface area (Å²) >= 11 is 0. The molecule has 1 N–H and O–H groups in total. The van der Waals surface area contributed by atoms with Crippen LogP contribution in [0.5, 0.6) is 0 Å². The van der Waals surface area contributed by atoms with Crippen molar-refractivity contribution in [2.45, 2.75) is 31.1 Å². The summed E-state index contributed by atoms with van der Waals surface area (Å²) in [5.74, 6) is 0.599. The van der Waals surface area contributed by atoms with Crippen LogP contribution in [-0.2, 0) is 9.05 Å². The molecule has 0 atom stereocenters. The topological polar surface area (TPSA) is 63.2 Å². The van der Waals surface area contributed by atoms with Gasteiger partial charge in [-0.05, 0) is 43.0 Å². The lowest BCUT2D eigenvalue weighted by atomic mass is 10.1. The minimum absolute atomic E-state index is 0.0150. The van der Waals surface area contributed by atoms with Gasteiger partial charge >= 0.3 is 0 Å². The van der Waals surface area contributed by atoms with Crippen molar-refractivity contribution in [3.8, 4) is 0 Å². The van der Waals surface area contributed by atoms with Gasteiger partial charge in [0.05, 0.1) is 4.90 Å². The van der Waals surface area contributed by atoms with E-state index in [1.807, 2.05) is 0 Å². The van der Waals surface area contributed by atoms with Crippen LogP contribution < -0.4 is 5.32 Å². The summed E-state index contributed by atoms with van der Waals surface area (Å²) in [5.41, 5.74) is 1.09. The van der Waals surface area contributed by atoms with Crippen LogP contribution in [0.25, 0.3) is 0 Å². The number of hydrogen-bond donors (Lipinski definition) is 1. The van der Waals surface area contributed by atoms with Crippen LogP contribution in [0.2, 0.25) is 0 Å². The Labute approximate surface area is 117 Å². The molecule has 1 aromatic rings. The van der Waals surface area contributed by atoms with Gasteiger partial charge in [0.2, 0.25) is 0 Å². The summed E-state index contributed by atoms with van der Waals surface area (Å²) in [7, 11) is 1.51. The molecule has 0 aliphatic heterocycles. The van der Waals surface area contributed by atoms with Crippen molar-refractivity contribution in [2.24, 2.45) is 5.92 Å². The lowest BCUT2D eigenvalue weighted by molar-refractivity contribution is 0.0952. The molecule has 1 amide bonds. The average Bonchev–Trinajstić information content (AvgIpc) is 3.11. The Morgan fingerprint density at radius 2 is 2.11 bits per heavy atom. The van der Waals surface area contributed by atoms with E-state index in [4.69, 9.17) is 10.7 Å². The third-order valence-electron chi connectivity index (χ3n) is 3.26. The first-order valence-corrected chi connectivity index (χ1v) is 8.52. The quantitative estimate of drug-likeness (QED) is 0.850. The number of carbonyl (C=O) groups excluding carboxylic acids is 1. The van der Waals surface area contributed by atoms with Crippen molar-refractivity contribution in [3.05, 3.63) is 29.3 Å². The molecule has 1 saturated carbocycles. The van der Waals surface area contributed by atoms with Crippen LogP contribution in [-0.4, -0.2) is 20.9 Å². The second-order valence-electron chi connectivity index (χ2n) is 4.90. The molecule has 0 saturated heterocycles. The molecule has 0 bridgehead atoms. The molecule has 19 heavy (non-hydrogen) atoms. The van der Waals surface area contributed by atoms with Gasteiger partial charge in [-0.1, -0.05) is 12.8 Å². The number of hydrogen-bond acceptors (Lipinski definition) is 3. The molecule has 0 heterocycles. The molecule has 104 valence electrons. The van der Waals surface area contributed by atoms with Crippen molar-refractivity contribution < 1.29 is 13.2 Å². The molecule has 0 radical (unpaired) electrons. The maximum atomic E-state index is 11.9. The van der Waals surface area contributed by atoms with E-state index in [1.54, 1.807) is 6.92 Å². The maximum Gasteiger partial charge on any atom is 0.261 e. The third-order valence-corrected chi connectivity index (χ3v) is 4.61. The number of aryl methyl sites for hydroxylation is 1. The highest BCUT2D eigenvalue weighted by atomic mass is 35.7. The van der Waals surface area contributed by atoms with Crippen LogP contribution >= 0.6 is 10.7 Å².